The van der Waals surface area contributed by atoms with E-state index < -0.39 is 54.3 Å². The molecule has 0 amide bonds. The van der Waals surface area contributed by atoms with E-state index in [2.05, 4.69) is 5.10 Å². The maximum absolute atomic E-state index is 15.3. The molecule has 3 aromatic rings. The third kappa shape index (κ3) is 6.58. The van der Waals surface area contributed by atoms with Gasteiger partial charge in [0.2, 0.25) is 0 Å². The molecule has 0 saturated heterocycles. The molecule has 0 fully saturated rings. The summed E-state index contributed by atoms with van der Waals surface area (Å²) >= 11 is 11.9. The molecule has 2 aromatic carbocycles. The van der Waals surface area contributed by atoms with Crippen LogP contribution >= 0.6 is 23.2 Å². The molecule has 192 valence electrons. The predicted octanol–water partition coefficient (Wildman–Crippen LogP) is 4.71. The van der Waals surface area contributed by atoms with Crippen LogP contribution in [0.1, 0.15) is 36.2 Å². The van der Waals surface area contributed by atoms with Gasteiger partial charge in [-0.2, -0.15) is 9.78 Å². The van der Waals surface area contributed by atoms with Crippen LogP contribution in [0, 0.1) is 5.82 Å². The van der Waals surface area contributed by atoms with Gasteiger partial charge < -0.3 is 14.6 Å². The number of benzene rings is 2. The lowest BCUT2D eigenvalue weighted by atomic mass is 10.1. The number of halogens is 5. The van der Waals surface area contributed by atoms with Gasteiger partial charge in [0.05, 0.1) is 17.9 Å². The summed E-state index contributed by atoms with van der Waals surface area (Å²) in [4.78, 5) is 34.5. The number of carboxylic acid groups (broad SMARTS) is 1. The van der Waals surface area contributed by atoms with Crippen molar-refractivity contribution in [2.24, 2.45) is 7.05 Å². The Morgan fingerprint density at radius 2 is 1.89 bits per heavy atom. The Kier molecular flexibility index (Phi) is 8.64. The first-order chi connectivity index (χ1) is 17.0. The molecule has 0 saturated carbocycles. The van der Waals surface area contributed by atoms with Gasteiger partial charge in [-0.3, -0.25) is 14.2 Å². The molecule has 0 bridgehead atoms. The van der Waals surface area contributed by atoms with E-state index in [0.29, 0.717) is 0 Å². The highest BCUT2D eigenvalue weighted by molar-refractivity contribution is 6.32. The molecule has 36 heavy (non-hydrogen) atoms. The van der Waals surface area contributed by atoms with Crippen LogP contribution in [-0.2, 0) is 34.5 Å². The molecule has 0 radical (unpaired) electrons. The molecule has 1 N–H and O–H groups in total. The molecule has 3 rings (SSSR count). The van der Waals surface area contributed by atoms with E-state index in [4.69, 9.17) is 37.8 Å². The molecular formula is C22H18Cl2F3N3O6. The lowest BCUT2D eigenvalue weighted by Gasteiger charge is -2.13. The molecule has 14 heteroatoms. The monoisotopic (exact) mass is 547 g/mol. The summed E-state index contributed by atoms with van der Waals surface area (Å²) in [6, 6.07) is 5.94. The molecule has 0 aliphatic rings. The predicted molar refractivity (Wildman–Crippen MR) is 121 cm³/mol. The summed E-state index contributed by atoms with van der Waals surface area (Å²) in [5, 5.41) is 12.4. The van der Waals surface area contributed by atoms with Crippen molar-refractivity contribution in [3.8, 4) is 11.5 Å². The molecule has 1 aromatic heterocycles. The van der Waals surface area contributed by atoms with Gasteiger partial charge in [-0.1, -0.05) is 29.3 Å². The van der Waals surface area contributed by atoms with E-state index in [9.17, 15) is 23.2 Å². The Morgan fingerprint density at radius 1 is 1.17 bits per heavy atom. The maximum Gasteiger partial charge on any atom is 0.348 e. The Bertz CT molecular complexity index is 1360. The molecule has 0 aliphatic carbocycles. The lowest BCUT2D eigenvalue weighted by molar-refractivity contribution is -0.151. The quantitative estimate of drug-likeness (QED) is 0.365. The Labute approximate surface area is 211 Å². The third-order valence-electron chi connectivity index (χ3n) is 4.86. The van der Waals surface area contributed by atoms with Crippen molar-refractivity contribution in [1.29, 1.82) is 0 Å². The number of hydrogen-bond donors (Lipinski definition) is 1. The van der Waals surface area contributed by atoms with E-state index in [1.165, 1.54) is 25.2 Å². The van der Waals surface area contributed by atoms with Crippen molar-refractivity contribution >= 4 is 35.1 Å². The van der Waals surface area contributed by atoms with Crippen LogP contribution in [0.5, 0.6) is 11.5 Å². The fourth-order valence-electron chi connectivity index (χ4n) is 3.05. The number of rotatable bonds is 10. The fraction of sp³-hybridized carbons (Fsp3) is 0.273. The minimum Gasteiger partial charge on any atom is -0.481 e. The SMILES string of the molecule is Cn1c(Cc2ccc(Cl)c(Oc3cc(Cl)cc(C(F)F)c3)c2F)nn(COC(=O)CCC(=O)O)c1=O. The second-order valence-electron chi connectivity index (χ2n) is 7.45. The number of carboxylic acids is 1. The average Bonchev–Trinajstić information content (AvgIpc) is 3.08. The van der Waals surface area contributed by atoms with Crippen LogP contribution < -0.4 is 10.4 Å². The van der Waals surface area contributed by atoms with E-state index >= 15 is 4.39 Å². The normalized spacial score (nSPS) is 11.1. The van der Waals surface area contributed by atoms with Gasteiger partial charge in [0.15, 0.2) is 18.3 Å². The summed E-state index contributed by atoms with van der Waals surface area (Å²) in [7, 11) is 1.37. The molecule has 1 heterocycles. The highest BCUT2D eigenvalue weighted by atomic mass is 35.5. The highest BCUT2D eigenvalue weighted by Gasteiger charge is 2.20. The average molecular weight is 548 g/mol. The number of alkyl halides is 2. The third-order valence-corrected chi connectivity index (χ3v) is 5.38. The van der Waals surface area contributed by atoms with Crippen LogP contribution in [-0.4, -0.2) is 31.4 Å². The first-order valence-electron chi connectivity index (χ1n) is 10.2. The van der Waals surface area contributed by atoms with Gasteiger partial charge in [-0.15, -0.1) is 0 Å². The van der Waals surface area contributed by atoms with Gasteiger partial charge in [-0.25, -0.2) is 18.0 Å². The Balaban J connectivity index is 1.81. The molecule has 0 unspecified atom stereocenters. The van der Waals surface area contributed by atoms with Crippen LogP contribution in [0.3, 0.4) is 0 Å². The standard InChI is InChI=1S/C22H18Cl2F3N3O6/c1-29-16(28-30(22(29)34)10-35-18(33)5-4-17(31)32)8-11-2-3-15(24)20(19(11)25)36-14-7-12(21(26)27)6-13(23)9-14/h2-3,6-7,9,21H,4-5,8,10H2,1H3,(H,31,32). The number of nitrogens with zero attached hydrogens (tertiary/aromatic N) is 3. The number of aliphatic carboxylic acids is 1. The van der Waals surface area contributed by atoms with Crippen molar-refractivity contribution in [2.45, 2.75) is 32.4 Å². The number of carbonyl (C=O) groups is 2. The van der Waals surface area contributed by atoms with Crippen molar-refractivity contribution in [2.75, 3.05) is 0 Å². The number of esters is 1. The van der Waals surface area contributed by atoms with Crippen molar-refractivity contribution < 1.29 is 37.3 Å². The minimum absolute atomic E-state index is 0.0178. The molecule has 0 aliphatic heterocycles. The highest BCUT2D eigenvalue weighted by Crippen LogP contribution is 2.37. The maximum atomic E-state index is 15.3. The minimum atomic E-state index is -2.83. The number of hydrogen-bond acceptors (Lipinski definition) is 6. The molecule has 0 atom stereocenters. The summed E-state index contributed by atoms with van der Waals surface area (Å²) in [6.07, 6.45) is -3.85. The van der Waals surface area contributed by atoms with E-state index in [-0.39, 0.29) is 40.0 Å². The number of aromatic nitrogens is 3. The second-order valence-corrected chi connectivity index (χ2v) is 8.29. The topological polar surface area (TPSA) is 113 Å². The first-order valence-corrected chi connectivity index (χ1v) is 10.9. The summed E-state index contributed by atoms with van der Waals surface area (Å²) in [5.74, 6) is -3.43. The van der Waals surface area contributed by atoms with Crippen molar-refractivity contribution in [3.63, 3.8) is 0 Å². The van der Waals surface area contributed by atoms with Crippen LogP contribution in [0.2, 0.25) is 10.0 Å². The zero-order chi connectivity index (χ0) is 26.6. The Hall–Kier alpha value is -3.51. The second kappa shape index (κ2) is 11.5. The number of carbonyl (C=O) groups excluding carboxylic acids is 1. The van der Waals surface area contributed by atoms with Gasteiger partial charge in [-0.05, 0) is 29.8 Å². The van der Waals surface area contributed by atoms with Crippen LogP contribution in [0.4, 0.5) is 13.2 Å². The Morgan fingerprint density at radius 3 is 2.56 bits per heavy atom. The smallest absolute Gasteiger partial charge is 0.348 e. The summed E-state index contributed by atoms with van der Waals surface area (Å²) in [6.45, 7) is -0.566. The van der Waals surface area contributed by atoms with Crippen molar-refractivity contribution in [1.82, 2.24) is 14.3 Å². The largest absolute Gasteiger partial charge is 0.481 e. The van der Waals surface area contributed by atoms with Gasteiger partial charge >= 0.3 is 17.6 Å². The van der Waals surface area contributed by atoms with E-state index in [0.717, 1.165) is 21.4 Å². The number of ether oxygens (including phenoxy) is 2. The first kappa shape index (κ1) is 27.1. The lowest BCUT2D eigenvalue weighted by Crippen LogP contribution is -2.25. The van der Waals surface area contributed by atoms with Crippen LogP contribution in [0.25, 0.3) is 0 Å². The van der Waals surface area contributed by atoms with Gasteiger partial charge in [0.1, 0.15) is 11.6 Å². The van der Waals surface area contributed by atoms with E-state index in [1.807, 2.05) is 0 Å². The van der Waals surface area contributed by atoms with Gasteiger partial charge in [0, 0.05) is 24.1 Å². The molecule has 0 spiro atoms. The zero-order valence-corrected chi connectivity index (χ0v) is 20.0. The van der Waals surface area contributed by atoms with E-state index in [1.54, 1.807) is 0 Å². The molecule has 9 nitrogen and oxygen atoms in total. The van der Waals surface area contributed by atoms with Gasteiger partial charge in [0.25, 0.3) is 6.43 Å². The summed E-state index contributed by atoms with van der Waals surface area (Å²) < 4.78 is 53.6. The summed E-state index contributed by atoms with van der Waals surface area (Å²) in [5.41, 5.74) is -1.07. The zero-order valence-electron chi connectivity index (χ0n) is 18.5. The van der Waals surface area contributed by atoms with Crippen molar-refractivity contribution in [3.05, 3.63) is 73.6 Å². The fourth-order valence-corrected chi connectivity index (χ4v) is 3.46. The van der Waals surface area contributed by atoms with Crippen LogP contribution in [0.15, 0.2) is 35.1 Å². The molecular weight excluding hydrogens is 530 g/mol.